The number of nitrogens with two attached hydrogens (primary N) is 2. The number of hydrogen-bond donors (Lipinski definition) is 3. The summed E-state index contributed by atoms with van der Waals surface area (Å²) in [6.07, 6.45) is 21.8. The number of carbonyl (C=O) groups excluding carboxylic acids is 1. The molecule has 0 bridgehead atoms. The van der Waals surface area contributed by atoms with Gasteiger partial charge in [0.2, 0.25) is 0 Å². The Balaban J connectivity index is 1.31. The molecule has 49 heavy (non-hydrogen) atoms. The number of carbonyl (C=O) groups is 1. The lowest BCUT2D eigenvalue weighted by Crippen LogP contribution is -2.50. The maximum absolute atomic E-state index is 13.6. The van der Waals surface area contributed by atoms with E-state index in [1.165, 1.54) is 57.8 Å². The van der Waals surface area contributed by atoms with Crippen molar-refractivity contribution >= 4 is 6.09 Å². The summed E-state index contributed by atoms with van der Waals surface area (Å²) in [5.74, 6) is 5.14. The molecule has 284 valence electrons. The molecule has 0 aromatic rings. The molecular weight excluding hydrogens is 604 g/mol. The van der Waals surface area contributed by atoms with Gasteiger partial charge in [0.25, 0.3) is 0 Å². The molecule has 1 amide bonds. The summed E-state index contributed by atoms with van der Waals surface area (Å²) in [6.45, 7) is 23.9. The lowest BCUT2D eigenvalue weighted by atomic mass is 9.47. The van der Waals surface area contributed by atoms with E-state index >= 15 is 0 Å². The van der Waals surface area contributed by atoms with Crippen molar-refractivity contribution in [3.63, 3.8) is 0 Å². The molecule has 0 heterocycles. The van der Waals surface area contributed by atoms with Crippen LogP contribution in [0.5, 0.6) is 0 Å². The Morgan fingerprint density at radius 2 is 1.69 bits per heavy atom. The summed E-state index contributed by atoms with van der Waals surface area (Å²) in [6, 6.07) is 0. The SMILES string of the molecule is CCC(CCCC1CCC2C3CC=C4CC(OC(=O)N(CCCCNCCC(C)(C)N)CCC(C)(C)N)CCC4(C)C3CCC12C)C(C)C. The molecule has 8 unspecified atom stereocenters. The van der Waals surface area contributed by atoms with Gasteiger partial charge >= 0.3 is 6.09 Å². The predicted molar refractivity (Wildman–Crippen MR) is 207 cm³/mol. The van der Waals surface area contributed by atoms with Crippen molar-refractivity contribution in [1.82, 2.24) is 10.2 Å². The van der Waals surface area contributed by atoms with Crippen LogP contribution in [0.3, 0.4) is 0 Å². The van der Waals surface area contributed by atoms with Gasteiger partial charge in [0.15, 0.2) is 0 Å². The van der Waals surface area contributed by atoms with E-state index in [1.54, 1.807) is 5.57 Å². The third-order valence-corrected chi connectivity index (χ3v) is 14.4. The van der Waals surface area contributed by atoms with Crippen molar-refractivity contribution in [2.45, 2.75) is 182 Å². The van der Waals surface area contributed by atoms with Crippen molar-refractivity contribution in [2.75, 3.05) is 26.2 Å². The molecule has 6 nitrogen and oxygen atoms in total. The van der Waals surface area contributed by atoms with E-state index in [0.29, 0.717) is 18.5 Å². The van der Waals surface area contributed by atoms with Gasteiger partial charge in [0, 0.05) is 30.6 Å². The van der Waals surface area contributed by atoms with Crippen molar-refractivity contribution < 1.29 is 9.53 Å². The van der Waals surface area contributed by atoms with Gasteiger partial charge in [0.1, 0.15) is 6.10 Å². The van der Waals surface area contributed by atoms with Crippen LogP contribution < -0.4 is 16.8 Å². The summed E-state index contributed by atoms with van der Waals surface area (Å²) < 4.78 is 6.33. The highest BCUT2D eigenvalue weighted by Crippen LogP contribution is 2.67. The molecular formula is C43H80N4O2. The van der Waals surface area contributed by atoms with E-state index < -0.39 is 0 Å². The Kier molecular flexibility index (Phi) is 14.2. The Labute approximate surface area is 303 Å². The Morgan fingerprint density at radius 1 is 0.959 bits per heavy atom. The molecule has 4 rings (SSSR count). The van der Waals surface area contributed by atoms with Gasteiger partial charge in [0.05, 0.1) is 0 Å². The molecule has 6 heteroatoms. The first-order chi connectivity index (χ1) is 23.0. The highest BCUT2D eigenvalue weighted by molar-refractivity contribution is 5.68. The molecule has 0 radical (unpaired) electrons. The molecule has 8 atom stereocenters. The molecule has 0 spiro atoms. The fourth-order valence-corrected chi connectivity index (χ4v) is 11.0. The topological polar surface area (TPSA) is 93.6 Å². The van der Waals surface area contributed by atoms with Crippen LogP contribution in [0.1, 0.15) is 165 Å². The van der Waals surface area contributed by atoms with Crippen LogP contribution in [0.2, 0.25) is 0 Å². The number of nitrogens with one attached hydrogen (secondary N) is 1. The second kappa shape index (κ2) is 17.1. The van der Waals surface area contributed by atoms with E-state index in [2.05, 4.69) is 59.9 Å². The fraction of sp³-hybridized carbons (Fsp3) is 0.930. The number of fused-ring (bicyclic) bond motifs is 5. The van der Waals surface area contributed by atoms with Crippen LogP contribution in [0.15, 0.2) is 11.6 Å². The fourth-order valence-electron chi connectivity index (χ4n) is 11.0. The second-order valence-corrected chi connectivity index (χ2v) is 19.6. The summed E-state index contributed by atoms with van der Waals surface area (Å²) >= 11 is 0. The standard InChI is InChI=1S/C43H80N4O2/c1-10-32(31(2)3)14-13-15-33-17-19-37-36-18-16-34-30-35(20-22-43(34,9)38(36)21-23-42(33,37)8)49-39(48)47(29-25-41(6,7)45)28-12-11-26-46-27-24-40(4,5)44/h16,31-33,35-38,46H,10-15,17-30,44-45H2,1-9H3. The highest BCUT2D eigenvalue weighted by Gasteiger charge is 2.58. The van der Waals surface area contributed by atoms with Crippen molar-refractivity contribution in [3.05, 3.63) is 11.6 Å². The lowest BCUT2D eigenvalue weighted by molar-refractivity contribution is -0.0535. The largest absolute Gasteiger partial charge is 0.446 e. The van der Waals surface area contributed by atoms with E-state index in [-0.39, 0.29) is 28.7 Å². The van der Waals surface area contributed by atoms with Crippen molar-refractivity contribution in [1.29, 1.82) is 0 Å². The van der Waals surface area contributed by atoms with Gasteiger partial charge in [-0.15, -0.1) is 0 Å². The monoisotopic (exact) mass is 685 g/mol. The molecule has 0 saturated heterocycles. The number of ether oxygens (including phenoxy) is 1. The molecule has 0 aliphatic heterocycles. The number of nitrogens with zero attached hydrogens (tertiary/aromatic N) is 1. The Morgan fingerprint density at radius 3 is 2.37 bits per heavy atom. The molecule has 3 saturated carbocycles. The molecule has 3 fully saturated rings. The zero-order valence-electron chi connectivity index (χ0n) is 33.7. The minimum Gasteiger partial charge on any atom is -0.446 e. The van der Waals surface area contributed by atoms with Gasteiger partial charge in [-0.05, 0) is 164 Å². The molecule has 4 aliphatic rings. The quantitative estimate of drug-likeness (QED) is 0.0987. The van der Waals surface area contributed by atoms with E-state index in [4.69, 9.17) is 16.2 Å². The number of allylic oxidation sites excluding steroid dienone is 1. The van der Waals surface area contributed by atoms with E-state index in [9.17, 15) is 4.79 Å². The first kappa shape index (κ1) is 40.7. The number of rotatable bonds is 18. The number of hydrogen-bond acceptors (Lipinski definition) is 5. The molecule has 4 aliphatic carbocycles. The zero-order chi connectivity index (χ0) is 36.0. The van der Waals surface area contributed by atoms with Crippen molar-refractivity contribution in [3.8, 4) is 0 Å². The minimum atomic E-state index is -0.313. The average Bonchev–Trinajstić information content (AvgIpc) is 3.35. The van der Waals surface area contributed by atoms with Crippen molar-refractivity contribution in [2.24, 2.45) is 57.8 Å². The van der Waals surface area contributed by atoms with Crippen LogP contribution in [0.4, 0.5) is 4.79 Å². The average molecular weight is 685 g/mol. The molecule has 0 aromatic heterocycles. The zero-order valence-corrected chi connectivity index (χ0v) is 33.7. The van der Waals surface area contributed by atoms with Gasteiger partial charge in [-0.25, -0.2) is 4.79 Å². The van der Waals surface area contributed by atoms with Crippen LogP contribution in [0, 0.1) is 46.3 Å². The van der Waals surface area contributed by atoms with Gasteiger partial charge in [-0.1, -0.05) is 65.5 Å². The third kappa shape index (κ3) is 10.7. The van der Waals surface area contributed by atoms with E-state index in [0.717, 1.165) is 93.5 Å². The minimum absolute atomic E-state index is 0.0134. The summed E-state index contributed by atoms with van der Waals surface area (Å²) in [4.78, 5) is 15.6. The Hall–Kier alpha value is -1.11. The molecule has 5 N–H and O–H groups in total. The van der Waals surface area contributed by atoms with Gasteiger partial charge < -0.3 is 26.4 Å². The summed E-state index contributed by atoms with van der Waals surface area (Å²) in [7, 11) is 0. The number of amides is 1. The summed E-state index contributed by atoms with van der Waals surface area (Å²) in [5.41, 5.74) is 14.4. The van der Waals surface area contributed by atoms with Crippen LogP contribution in [-0.4, -0.2) is 54.4 Å². The first-order valence-corrected chi connectivity index (χ1v) is 20.9. The normalized spacial score (nSPS) is 32.2. The smallest absolute Gasteiger partial charge is 0.410 e. The van der Waals surface area contributed by atoms with Crippen LogP contribution >= 0.6 is 0 Å². The lowest BCUT2D eigenvalue weighted by Gasteiger charge is -2.58. The third-order valence-electron chi connectivity index (χ3n) is 14.4. The predicted octanol–water partition coefficient (Wildman–Crippen LogP) is 9.85. The van der Waals surface area contributed by atoms with Crippen LogP contribution in [0.25, 0.3) is 0 Å². The summed E-state index contributed by atoms with van der Waals surface area (Å²) in [5, 5.41) is 3.51. The highest BCUT2D eigenvalue weighted by atomic mass is 16.6. The molecule has 0 aromatic carbocycles. The first-order valence-electron chi connectivity index (χ1n) is 20.9. The number of unbranched alkanes of at least 4 members (excludes halogenated alkanes) is 1. The van der Waals surface area contributed by atoms with Gasteiger partial charge in [-0.2, -0.15) is 0 Å². The van der Waals surface area contributed by atoms with Crippen LogP contribution in [-0.2, 0) is 4.74 Å². The maximum Gasteiger partial charge on any atom is 0.410 e. The Bertz CT molecular complexity index is 1070. The van der Waals surface area contributed by atoms with E-state index in [1.807, 2.05) is 18.7 Å². The maximum atomic E-state index is 13.6. The second-order valence-electron chi connectivity index (χ2n) is 19.6. The van der Waals surface area contributed by atoms with Gasteiger partial charge in [-0.3, -0.25) is 0 Å².